The van der Waals surface area contributed by atoms with Crippen LogP contribution in [0.5, 0.6) is 5.75 Å². The molecule has 1 aromatic heterocycles. The Morgan fingerprint density at radius 2 is 2.46 bits per heavy atom. The third-order valence-electron chi connectivity index (χ3n) is 1.36. The number of anilines is 1. The molecule has 1 rings (SSSR count). The molecule has 0 bridgehead atoms. The van der Waals surface area contributed by atoms with E-state index in [9.17, 15) is 4.79 Å². The fraction of sp³-hybridized carbons (Fsp3) is 0.333. The molecule has 0 aliphatic heterocycles. The topological polar surface area (TPSA) is 51.2 Å². The maximum absolute atomic E-state index is 10.8. The summed E-state index contributed by atoms with van der Waals surface area (Å²) >= 11 is 0. The Labute approximate surface area is 76.9 Å². The van der Waals surface area contributed by atoms with E-state index in [1.165, 1.54) is 6.92 Å². The lowest BCUT2D eigenvalue weighted by Gasteiger charge is -2.07. The Bertz CT molecular complexity index is 299. The van der Waals surface area contributed by atoms with Crippen LogP contribution in [0.1, 0.15) is 13.8 Å². The lowest BCUT2D eigenvalue weighted by atomic mass is 10.4. The van der Waals surface area contributed by atoms with E-state index in [-0.39, 0.29) is 5.91 Å². The van der Waals surface area contributed by atoms with Crippen molar-refractivity contribution in [1.29, 1.82) is 0 Å². The third kappa shape index (κ3) is 2.74. The summed E-state index contributed by atoms with van der Waals surface area (Å²) in [6.07, 6.45) is 1.60. The quantitative estimate of drug-likeness (QED) is 0.765. The van der Waals surface area contributed by atoms with E-state index in [0.29, 0.717) is 18.2 Å². The predicted molar refractivity (Wildman–Crippen MR) is 49.7 cm³/mol. The Morgan fingerprint density at radius 1 is 1.69 bits per heavy atom. The van der Waals surface area contributed by atoms with Crippen LogP contribution in [0.2, 0.25) is 0 Å². The first-order chi connectivity index (χ1) is 6.24. The van der Waals surface area contributed by atoms with Crippen LogP contribution in [0.15, 0.2) is 18.3 Å². The summed E-state index contributed by atoms with van der Waals surface area (Å²) < 4.78 is 5.26. The van der Waals surface area contributed by atoms with Crippen molar-refractivity contribution >= 4 is 11.7 Å². The van der Waals surface area contributed by atoms with E-state index >= 15 is 0 Å². The summed E-state index contributed by atoms with van der Waals surface area (Å²) in [6.45, 7) is 3.87. The molecule has 0 aliphatic rings. The van der Waals surface area contributed by atoms with Crippen molar-refractivity contribution in [3.05, 3.63) is 18.3 Å². The van der Waals surface area contributed by atoms with E-state index in [2.05, 4.69) is 10.3 Å². The molecule has 0 spiro atoms. The highest BCUT2D eigenvalue weighted by Gasteiger charge is 2.04. The molecule has 0 atom stereocenters. The van der Waals surface area contributed by atoms with Crippen LogP contribution < -0.4 is 10.1 Å². The molecule has 0 saturated carbocycles. The van der Waals surface area contributed by atoms with Gasteiger partial charge >= 0.3 is 0 Å². The number of pyridine rings is 1. The molecule has 4 heteroatoms. The summed E-state index contributed by atoms with van der Waals surface area (Å²) in [7, 11) is 0. The maximum atomic E-state index is 10.8. The van der Waals surface area contributed by atoms with Crippen molar-refractivity contribution in [2.75, 3.05) is 11.9 Å². The lowest BCUT2D eigenvalue weighted by molar-refractivity contribution is -0.114. The summed E-state index contributed by atoms with van der Waals surface area (Å²) in [6, 6.07) is 3.53. The fourth-order valence-corrected chi connectivity index (χ4v) is 0.923. The summed E-state index contributed by atoms with van der Waals surface area (Å²) in [4.78, 5) is 14.7. The Hall–Kier alpha value is -1.58. The van der Waals surface area contributed by atoms with Crippen molar-refractivity contribution in [2.45, 2.75) is 13.8 Å². The zero-order valence-corrected chi connectivity index (χ0v) is 7.70. The van der Waals surface area contributed by atoms with Gasteiger partial charge < -0.3 is 10.1 Å². The number of nitrogens with zero attached hydrogens (tertiary/aromatic N) is 1. The molecule has 0 aliphatic carbocycles. The standard InChI is InChI=1S/C9H12N2O2/c1-3-13-8-5-4-6-10-9(8)11-7(2)12/h4-6H,3H2,1-2H3,(H,10,11,12). The van der Waals surface area contributed by atoms with E-state index in [4.69, 9.17) is 4.74 Å². The first-order valence-corrected chi connectivity index (χ1v) is 4.09. The van der Waals surface area contributed by atoms with Crippen LogP contribution in [0, 0.1) is 0 Å². The number of amides is 1. The average Bonchev–Trinajstić information content (AvgIpc) is 2.08. The first kappa shape index (κ1) is 9.51. The monoisotopic (exact) mass is 180 g/mol. The molecule has 4 nitrogen and oxygen atoms in total. The van der Waals surface area contributed by atoms with Gasteiger partial charge in [0.1, 0.15) is 0 Å². The zero-order valence-electron chi connectivity index (χ0n) is 7.70. The molecule has 1 N–H and O–H groups in total. The van der Waals surface area contributed by atoms with Gasteiger partial charge in [-0.05, 0) is 19.1 Å². The minimum atomic E-state index is -0.153. The van der Waals surface area contributed by atoms with Crippen LogP contribution in [0.4, 0.5) is 5.82 Å². The first-order valence-electron chi connectivity index (χ1n) is 4.09. The Kier molecular flexibility index (Phi) is 3.25. The lowest BCUT2D eigenvalue weighted by Crippen LogP contribution is -2.09. The maximum Gasteiger partial charge on any atom is 0.222 e. The van der Waals surface area contributed by atoms with E-state index in [0.717, 1.165) is 0 Å². The van der Waals surface area contributed by atoms with Gasteiger partial charge in [-0.1, -0.05) is 0 Å². The molecular formula is C9H12N2O2. The van der Waals surface area contributed by atoms with Gasteiger partial charge in [0.25, 0.3) is 0 Å². The Balaban J connectivity index is 2.84. The molecular weight excluding hydrogens is 168 g/mol. The van der Waals surface area contributed by atoms with Crippen LogP contribution in [-0.4, -0.2) is 17.5 Å². The number of carbonyl (C=O) groups excluding carboxylic acids is 1. The predicted octanol–water partition coefficient (Wildman–Crippen LogP) is 1.44. The highest BCUT2D eigenvalue weighted by molar-refractivity contribution is 5.88. The number of nitrogens with one attached hydrogen (secondary N) is 1. The second-order valence-electron chi connectivity index (χ2n) is 2.46. The molecule has 0 unspecified atom stereocenters. The van der Waals surface area contributed by atoms with Crippen molar-refractivity contribution in [1.82, 2.24) is 4.98 Å². The van der Waals surface area contributed by atoms with Crippen molar-refractivity contribution in [3.63, 3.8) is 0 Å². The molecule has 1 amide bonds. The van der Waals surface area contributed by atoms with Gasteiger partial charge in [0, 0.05) is 13.1 Å². The molecule has 0 fully saturated rings. The van der Waals surface area contributed by atoms with Crippen LogP contribution >= 0.6 is 0 Å². The van der Waals surface area contributed by atoms with Gasteiger partial charge in [-0.15, -0.1) is 0 Å². The second-order valence-corrected chi connectivity index (χ2v) is 2.46. The molecule has 70 valence electrons. The summed E-state index contributed by atoms with van der Waals surface area (Å²) in [5.41, 5.74) is 0. The fourth-order valence-electron chi connectivity index (χ4n) is 0.923. The van der Waals surface area contributed by atoms with E-state index < -0.39 is 0 Å². The molecule has 0 aromatic carbocycles. The van der Waals surface area contributed by atoms with Crippen LogP contribution in [0.25, 0.3) is 0 Å². The number of rotatable bonds is 3. The van der Waals surface area contributed by atoms with Crippen molar-refractivity contribution in [2.24, 2.45) is 0 Å². The zero-order chi connectivity index (χ0) is 9.68. The number of carbonyl (C=O) groups is 1. The number of aromatic nitrogens is 1. The molecule has 0 saturated heterocycles. The summed E-state index contributed by atoms with van der Waals surface area (Å²) in [5.74, 6) is 0.914. The molecule has 0 radical (unpaired) electrons. The van der Waals surface area contributed by atoms with E-state index in [1.807, 2.05) is 6.92 Å². The third-order valence-corrected chi connectivity index (χ3v) is 1.36. The number of ether oxygens (including phenoxy) is 1. The van der Waals surface area contributed by atoms with Crippen LogP contribution in [-0.2, 0) is 4.79 Å². The normalized spacial score (nSPS) is 9.38. The smallest absolute Gasteiger partial charge is 0.222 e. The number of hydrogen-bond donors (Lipinski definition) is 1. The van der Waals surface area contributed by atoms with Gasteiger partial charge in [-0.3, -0.25) is 4.79 Å². The van der Waals surface area contributed by atoms with Gasteiger partial charge in [0.15, 0.2) is 11.6 Å². The minimum Gasteiger partial charge on any atom is -0.490 e. The van der Waals surface area contributed by atoms with Gasteiger partial charge in [-0.2, -0.15) is 0 Å². The number of hydrogen-bond acceptors (Lipinski definition) is 3. The van der Waals surface area contributed by atoms with Crippen molar-refractivity contribution < 1.29 is 9.53 Å². The highest BCUT2D eigenvalue weighted by atomic mass is 16.5. The van der Waals surface area contributed by atoms with Crippen molar-refractivity contribution in [3.8, 4) is 5.75 Å². The average molecular weight is 180 g/mol. The molecule has 13 heavy (non-hydrogen) atoms. The molecule has 1 heterocycles. The molecule has 1 aromatic rings. The summed E-state index contributed by atoms with van der Waals surface area (Å²) in [5, 5.41) is 2.58. The highest BCUT2D eigenvalue weighted by Crippen LogP contribution is 2.20. The van der Waals surface area contributed by atoms with Gasteiger partial charge in [-0.25, -0.2) is 4.98 Å². The minimum absolute atomic E-state index is 0.153. The Morgan fingerprint density at radius 3 is 3.08 bits per heavy atom. The van der Waals surface area contributed by atoms with E-state index in [1.54, 1.807) is 18.3 Å². The largest absolute Gasteiger partial charge is 0.490 e. The SMILES string of the molecule is CCOc1cccnc1NC(C)=O. The van der Waals surface area contributed by atoms with Gasteiger partial charge in [0.05, 0.1) is 6.61 Å². The van der Waals surface area contributed by atoms with Gasteiger partial charge in [0.2, 0.25) is 5.91 Å². The van der Waals surface area contributed by atoms with Crippen LogP contribution in [0.3, 0.4) is 0 Å². The second kappa shape index (κ2) is 4.45.